The number of rotatable bonds is 6. The number of para-hydroxylation sites is 3. The van der Waals surface area contributed by atoms with Gasteiger partial charge in [-0.2, -0.15) is 4.80 Å². The Kier molecular flexibility index (Phi) is 5.29. The topological polar surface area (TPSA) is 81.9 Å². The van der Waals surface area contributed by atoms with Crippen LogP contribution in [0.2, 0.25) is 0 Å². The molecule has 0 fully saturated rings. The van der Waals surface area contributed by atoms with E-state index in [-0.39, 0.29) is 12.5 Å². The summed E-state index contributed by atoms with van der Waals surface area (Å²) in [6.45, 7) is 1.92. The molecule has 0 spiro atoms. The Morgan fingerprint density at radius 2 is 1.69 bits per heavy atom. The highest BCUT2D eigenvalue weighted by atomic mass is 16.5. The molecule has 0 bridgehead atoms. The third-order valence-electron chi connectivity index (χ3n) is 4.26. The summed E-state index contributed by atoms with van der Waals surface area (Å²) in [6, 6.07) is 24.4. The fourth-order valence-electron chi connectivity index (χ4n) is 2.83. The van der Waals surface area contributed by atoms with Gasteiger partial charge in [-0.3, -0.25) is 4.79 Å². The summed E-state index contributed by atoms with van der Waals surface area (Å²) in [4.78, 5) is 13.8. The van der Waals surface area contributed by atoms with Gasteiger partial charge in [-0.1, -0.05) is 54.6 Å². The van der Waals surface area contributed by atoms with Crippen LogP contribution in [0.1, 0.15) is 5.56 Å². The first kappa shape index (κ1) is 18.4. The molecule has 0 saturated carbocycles. The van der Waals surface area contributed by atoms with Crippen LogP contribution in [0, 0.1) is 6.92 Å². The van der Waals surface area contributed by atoms with Crippen molar-refractivity contribution in [3.63, 3.8) is 0 Å². The molecule has 7 nitrogen and oxygen atoms in total. The number of aryl methyl sites for hydroxylation is 1. The molecule has 1 amide bonds. The highest BCUT2D eigenvalue weighted by Crippen LogP contribution is 2.29. The maximum Gasteiger partial charge on any atom is 0.248 e. The molecule has 0 aliphatic rings. The van der Waals surface area contributed by atoms with Crippen LogP contribution in [0.5, 0.6) is 11.5 Å². The Balaban J connectivity index is 1.45. The summed E-state index contributed by atoms with van der Waals surface area (Å²) in [5.41, 5.74) is 2.50. The van der Waals surface area contributed by atoms with E-state index in [2.05, 4.69) is 20.7 Å². The fourth-order valence-corrected chi connectivity index (χ4v) is 2.83. The molecule has 0 unspecified atom stereocenters. The van der Waals surface area contributed by atoms with E-state index >= 15 is 0 Å². The molecular formula is C22H19N5O2. The molecule has 1 N–H and O–H groups in total. The molecule has 0 atom stereocenters. The van der Waals surface area contributed by atoms with Crippen LogP contribution in [0.4, 0.5) is 5.69 Å². The van der Waals surface area contributed by atoms with Gasteiger partial charge in [0.2, 0.25) is 11.7 Å². The molecule has 4 aromatic rings. The molecule has 1 aromatic heterocycles. The molecule has 0 saturated heterocycles. The van der Waals surface area contributed by atoms with E-state index in [1.54, 1.807) is 12.1 Å². The van der Waals surface area contributed by atoms with Crippen LogP contribution in [-0.2, 0) is 11.3 Å². The van der Waals surface area contributed by atoms with E-state index in [1.807, 2.05) is 73.7 Å². The van der Waals surface area contributed by atoms with Crippen molar-refractivity contribution < 1.29 is 9.53 Å². The highest BCUT2D eigenvalue weighted by molar-refractivity contribution is 5.92. The quantitative estimate of drug-likeness (QED) is 0.541. The Labute approximate surface area is 168 Å². The first-order valence-electron chi connectivity index (χ1n) is 9.14. The molecule has 7 heteroatoms. The number of anilines is 1. The lowest BCUT2D eigenvalue weighted by molar-refractivity contribution is -0.117. The normalized spacial score (nSPS) is 10.5. The van der Waals surface area contributed by atoms with Gasteiger partial charge in [0.05, 0.1) is 5.69 Å². The lowest BCUT2D eigenvalue weighted by Gasteiger charge is -2.11. The van der Waals surface area contributed by atoms with E-state index in [9.17, 15) is 4.79 Å². The van der Waals surface area contributed by atoms with E-state index < -0.39 is 0 Å². The number of hydrogen-bond donors (Lipinski definition) is 1. The monoisotopic (exact) mass is 385 g/mol. The summed E-state index contributed by atoms with van der Waals surface area (Å²) in [5, 5.41) is 15.2. The zero-order valence-corrected chi connectivity index (χ0v) is 15.8. The van der Waals surface area contributed by atoms with Crippen molar-refractivity contribution in [1.82, 2.24) is 20.2 Å². The van der Waals surface area contributed by atoms with Gasteiger partial charge in [-0.15, -0.1) is 10.2 Å². The number of hydrogen-bond acceptors (Lipinski definition) is 5. The number of aromatic nitrogens is 4. The lowest BCUT2D eigenvalue weighted by atomic mass is 10.1. The van der Waals surface area contributed by atoms with Crippen molar-refractivity contribution in [3.05, 3.63) is 84.4 Å². The van der Waals surface area contributed by atoms with Gasteiger partial charge in [0.15, 0.2) is 5.75 Å². The first-order chi connectivity index (χ1) is 14.2. The van der Waals surface area contributed by atoms with Gasteiger partial charge in [-0.05, 0) is 42.0 Å². The Morgan fingerprint density at radius 1 is 0.966 bits per heavy atom. The SMILES string of the molecule is Cc1ccccc1-c1nnn(CC(=O)Nc2ccccc2Oc2ccccc2)n1. The second-order valence-corrected chi connectivity index (χ2v) is 6.42. The number of carbonyl (C=O) groups excluding carboxylic acids is 1. The van der Waals surface area contributed by atoms with Crippen molar-refractivity contribution in [1.29, 1.82) is 0 Å². The minimum atomic E-state index is -0.275. The number of ether oxygens (including phenoxy) is 1. The largest absolute Gasteiger partial charge is 0.455 e. The van der Waals surface area contributed by atoms with E-state index in [0.29, 0.717) is 23.0 Å². The second kappa shape index (κ2) is 8.35. The minimum Gasteiger partial charge on any atom is -0.455 e. The van der Waals surface area contributed by atoms with Crippen LogP contribution in [-0.4, -0.2) is 26.1 Å². The second-order valence-electron chi connectivity index (χ2n) is 6.42. The van der Waals surface area contributed by atoms with E-state index in [1.165, 1.54) is 4.80 Å². The predicted molar refractivity (Wildman–Crippen MR) is 110 cm³/mol. The van der Waals surface area contributed by atoms with Crippen LogP contribution in [0.25, 0.3) is 11.4 Å². The van der Waals surface area contributed by atoms with Crippen LogP contribution < -0.4 is 10.1 Å². The van der Waals surface area contributed by atoms with Gasteiger partial charge in [0.25, 0.3) is 0 Å². The van der Waals surface area contributed by atoms with Crippen LogP contribution >= 0.6 is 0 Å². The maximum atomic E-state index is 12.5. The summed E-state index contributed by atoms with van der Waals surface area (Å²) in [7, 11) is 0. The molecule has 4 rings (SSSR count). The Hall–Kier alpha value is -4.00. The van der Waals surface area contributed by atoms with Crippen LogP contribution in [0.15, 0.2) is 78.9 Å². The zero-order chi connectivity index (χ0) is 20.1. The summed E-state index contributed by atoms with van der Waals surface area (Å²) in [6.07, 6.45) is 0. The molecule has 1 heterocycles. The summed E-state index contributed by atoms with van der Waals surface area (Å²) >= 11 is 0. The smallest absolute Gasteiger partial charge is 0.248 e. The Bertz CT molecular complexity index is 1120. The zero-order valence-electron chi connectivity index (χ0n) is 15.8. The van der Waals surface area contributed by atoms with Crippen LogP contribution in [0.3, 0.4) is 0 Å². The molecular weight excluding hydrogens is 366 g/mol. The van der Waals surface area contributed by atoms with Gasteiger partial charge in [0, 0.05) is 5.56 Å². The van der Waals surface area contributed by atoms with Crippen molar-refractivity contribution in [2.45, 2.75) is 13.5 Å². The van der Waals surface area contributed by atoms with E-state index in [4.69, 9.17) is 4.74 Å². The van der Waals surface area contributed by atoms with Crippen molar-refractivity contribution in [3.8, 4) is 22.9 Å². The lowest BCUT2D eigenvalue weighted by Crippen LogP contribution is -2.20. The first-order valence-corrected chi connectivity index (χ1v) is 9.14. The van der Waals surface area contributed by atoms with Gasteiger partial charge in [0.1, 0.15) is 12.3 Å². The van der Waals surface area contributed by atoms with Crippen molar-refractivity contribution >= 4 is 11.6 Å². The standard InChI is InChI=1S/C22H19N5O2/c1-16-9-5-6-12-18(16)22-24-26-27(25-22)15-21(28)23-19-13-7-8-14-20(19)29-17-10-3-2-4-11-17/h2-14H,15H2,1H3,(H,23,28). The van der Waals surface area contributed by atoms with Crippen molar-refractivity contribution in [2.24, 2.45) is 0 Å². The summed E-state index contributed by atoms with van der Waals surface area (Å²) in [5.74, 6) is 1.46. The van der Waals surface area contributed by atoms with Gasteiger partial charge >= 0.3 is 0 Å². The number of amides is 1. The number of benzene rings is 3. The number of nitrogens with zero attached hydrogens (tertiary/aromatic N) is 4. The average molecular weight is 385 g/mol. The molecule has 0 radical (unpaired) electrons. The molecule has 144 valence electrons. The number of carbonyl (C=O) groups is 1. The molecule has 3 aromatic carbocycles. The Morgan fingerprint density at radius 3 is 2.52 bits per heavy atom. The molecule has 0 aliphatic heterocycles. The molecule has 29 heavy (non-hydrogen) atoms. The molecule has 0 aliphatic carbocycles. The fraction of sp³-hybridized carbons (Fsp3) is 0.0909. The third kappa shape index (κ3) is 4.47. The maximum absolute atomic E-state index is 12.5. The highest BCUT2D eigenvalue weighted by Gasteiger charge is 2.13. The predicted octanol–water partition coefficient (Wildman–Crippen LogP) is 4.08. The van der Waals surface area contributed by atoms with Gasteiger partial charge < -0.3 is 10.1 Å². The van der Waals surface area contributed by atoms with Crippen molar-refractivity contribution in [2.75, 3.05) is 5.32 Å². The third-order valence-corrected chi connectivity index (χ3v) is 4.26. The average Bonchev–Trinajstić information content (AvgIpc) is 3.18. The number of nitrogens with one attached hydrogen (secondary N) is 1. The number of tetrazole rings is 1. The minimum absolute atomic E-state index is 0.0570. The van der Waals surface area contributed by atoms with Gasteiger partial charge in [-0.25, -0.2) is 0 Å². The summed E-state index contributed by atoms with van der Waals surface area (Å²) < 4.78 is 5.87. The van der Waals surface area contributed by atoms with E-state index in [0.717, 1.165) is 11.1 Å².